The summed E-state index contributed by atoms with van der Waals surface area (Å²) in [6, 6.07) is 14.8. The van der Waals surface area contributed by atoms with Crippen molar-refractivity contribution in [3.8, 4) is 0 Å². The van der Waals surface area contributed by atoms with Crippen molar-refractivity contribution in [2.75, 3.05) is 4.90 Å². The largest absolute Gasteiger partial charge is 0.358 e. The highest BCUT2D eigenvalue weighted by Crippen LogP contribution is 2.54. The lowest BCUT2D eigenvalue weighted by Crippen LogP contribution is -2.44. The molecule has 3 aliphatic rings. The fraction of sp³-hybridized carbons (Fsp3) is 0.160. The Labute approximate surface area is 203 Å². The summed E-state index contributed by atoms with van der Waals surface area (Å²) in [7, 11) is 0. The molecule has 4 heterocycles. The number of benzene rings is 2. The monoisotopic (exact) mass is 494 g/mol. The molecule has 6 rings (SSSR count). The lowest BCUT2D eigenvalue weighted by Gasteiger charge is -2.35. The quantitative estimate of drug-likeness (QED) is 0.358. The number of carbonyl (C=O) groups is 3. The van der Waals surface area contributed by atoms with Crippen molar-refractivity contribution in [3.05, 3.63) is 92.2 Å². The number of ketones is 1. The van der Waals surface area contributed by atoms with Gasteiger partial charge >= 0.3 is 0 Å². The minimum Gasteiger partial charge on any atom is -0.358 e. The minimum atomic E-state index is -0.820. The zero-order valence-corrected chi connectivity index (χ0v) is 19.3. The van der Waals surface area contributed by atoms with Crippen LogP contribution in [0.5, 0.6) is 0 Å². The molecular formula is C25H16Cl2N2O3S. The summed E-state index contributed by atoms with van der Waals surface area (Å²) in [5, 5.41) is 2.46. The van der Waals surface area contributed by atoms with Gasteiger partial charge < -0.3 is 4.90 Å². The number of nitrogens with zero attached hydrogens (tertiary/aromatic N) is 2. The number of anilines is 1. The van der Waals surface area contributed by atoms with Crippen LogP contribution in [-0.2, 0) is 9.59 Å². The van der Waals surface area contributed by atoms with Gasteiger partial charge in [-0.1, -0.05) is 53.5 Å². The van der Waals surface area contributed by atoms with Gasteiger partial charge in [0.1, 0.15) is 6.04 Å². The molecule has 0 saturated carbocycles. The average molecular weight is 495 g/mol. The van der Waals surface area contributed by atoms with Crippen LogP contribution in [0.25, 0.3) is 6.08 Å². The first-order valence-corrected chi connectivity index (χ1v) is 12.1. The van der Waals surface area contributed by atoms with Crippen molar-refractivity contribution in [2.45, 2.75) is 12.1 Å². The van der Waals surface area contributed by atoms with E-state index in [2.05, 4.69) is 0 Å². The molecule has 0 bridgehead atoms. The van der Waals surface area contributed by atoms with Crippen molar-refractivity contribution < 1.29 is 14.4 Å². The predicted molar refractivity (Wildman–Crippen MR) is 128 cm³/mol. The molecule has 4 atom stereocenters. The van der Waals surface area contributed by atoms with E-state index >= 15 is 0 Å². The van der Waals surface area contributed by atoms with Gasteiger partial charge in [0.2, 0.25) is 11.8 Å². The molecule has 2 saturated heterocycles. The van der Waals surface area contributed by atoms with Crippen LogP contribution < -0.4 is 4.90 Å². The fourth-order valence-electron chi connectivity index (χ4n) is 5.32. The van der Waals surface area contributed by atoms with Crippen molar-refractivity contribution >= 4 is 63.9 Å². The maximum absolute atomic E-state index is 13.8. The Morgan fingerprint density at radius 1 is 0.939 bits per heavy atom. The van der Waals surface area contributed by atoms with E-state index in [0.29, 0.717) is 15.6 Å². The summed E-state index contributed by atoms with van der Waals surface area (Å²) in [5.41, 5.74) is 2.20. The van der Waals surface area contributed by atoms with E-state index in [1.165, 1.54) is 17.4 Å². The lowest BCUT2D eigenvalue weighted by atomic mass is 9.84. The molecule has 1 aromatic heterocycles. The first-order valence-electron chi connectivity index (χ1n) is 10.4. The highest BCUT2D eigenvalue weighted by molar-refractivity contribution is 7.12. The summed E-state index contributed by atoms with van der Waals surface area (Å²) in [6.45, 7) is 0. The molecule has 8 heteroatoms. The van der Waals surface area contributed by atoms with Gasteiger partial charge in [-0.25, -0.2) is 4.90 Å². The Hall–Kier alpha value is -2.93. The van der Waals surface area contributed by atoms with E-state index in [1.807, 2.05) is 52.9 Å². The van der Waals surface area contributed by atoms with Gasteiger partial charge in [-0.15, -0.1) is 11.3 Å². The van der Waals surface area contributed by atoms with Crippen molar-refractivity contribution in [2.24, 2.45) is 11.8 Å². The van der Waals surface area contributed by atoms with Gasteiger partial charge in [0.05, 0.1) is 33.5 Å². The van der Waals surface area contributed by atoms with E-state index in [-0.39, 0.29) is 16.7 Å². The maximum atomic E-state index is 13.8. The first-order chi connectivity index (χ1) is 16.0. The van der Waals surface area contributed by atoms with Crippen LogP contribution in [0.2, 0.25) is 10.0 Å². The molecular weight excluding hydrogens is 479 g/mol. The van der Waals surface area contributed by atoms with E-state index in [4.69, 9.17) is 23.2 Å². The second kappa shape index (κ2) is 7.55. The van der Waals surface area contributed by atoms with Gasteiger partial charge in [0, 0.05) is 11.2 Å². The van der Waals surface area contributed by atoms with Crippen LogP contribution in [0, 0.1) is 11.8 Å². The zero-order valence-electron chi connectivity index (χ0n) is 17.0. The minimum absolute atomic E-state index is 0.156. The normalized spacial score (nSPS) is 25.3. The van der Waals surface area contributed by atoms with Crippen LogP contribution in [0.4, 0.5) is 5.69 Å². The van der Waals surface area contributed by atoms with E-state index in [0.717, 1.165) is 16.0 Å². The topological polar surface area (TPSA) is 57.7 Å². The van der Waals surface area contributed by atoms with Gasteiger partial charge in [-0.05, 0) is 46.8 Å². The van der Waals surface area contributed by atoms with Crippen molar-refractivity contribution in [1.29, 1.82) is 0 Å². The number of hydrogen-bond donors (Lipinski definition) is 0. The van der Waals surface area contributed by atoms with Crippen molar-refractivity contribution in [3.63, 3.8) is 0 Å². The third kappa shape index (κ3) is 2.94. The average Bonchev–Trinajstić information content (AvgIpc) is 3.51. The second-order valence-electron chi connectivity index (χ2n) is 8.28. The fourth-order valence-corrected chi connectivity index (χ4v) is 6.51. The Balaban J connectivity index is 1.51. The number of Topliss-reactive ketones (excluding diaryl/α,β-unsaturated/α-hetero) is 1. The molecule has 3 aromatic rings. The molecule has 2 fully saturated rings. The van der Waals surface area contributed by atoms with Crippen molar-refractivity contribution in [1.82, 2.24) is 4.90 Å². The molecule has 0 radical (unpaired) electrons. The molecule has 0 spiro atoms. The molecule has 0 aliphatic carbocycles. The molecule has 2 amide bonds. The van der Waals surface area contributed by atoms with Crippen LogP contribution in [0.3, 0.4) is 0 Å². The third-order valence-corrected chi connectivity index (χ3v) is 8.07. The number of fused-ring (bicyclic) bond motifs is 5. The van der Waals surface area contributed by atoms with Gasteiger partial charge in [0.15, 0.2) is 5.78 Å². The molecule has 2 aromatic carbocycles. The number of hydrogen-bond acceptors (Lipinski definition) is 5. The van der Waals surface area contributed by atoms with E-state index in [9.17, 15) is 14.4 Å². The maximum Gasteiger partial charge on any atom is 0.240 e. The number of amides is 2. The number of halogens is 2. The summed E-state index contributed by atoms with van der Waals surface area (Å²) in [4.78, 5) is 44.8. The molecule has 0 N–H and O–H groups in total. The lowest BCUT2D eigenvalue weighted by molar-refractivity contribution is -0.123. The predicted octanol–water partition coefficient (Wildman–Crippen LogP) is 5.45. The number of carbonyl (C=O) groups excluding carboxylic acids is 3. The van der Waals surface area contributed by atoms with Crippen LogP contribution in [0.1, 0.15) is 26.8 Å². The molecule has 3 aliphatic heterocycles. The summed E-state index contributed by atoms with van der Waals surface area (Å²) < 4.78 is 0. The van der Waals surface area contributed by atoms with Gasteiger partial charge in [-0.2, -0.15) is 0 Å². The highest BCUT2D eigenvalue weighted by atomic mass is 35.5. The smallest absolute Gasteiger partial charge is 0.240 e. The molecule has 0 unspecified atom stereocenters. The zero-order chi connectivity index (χ0) is 22.9. The van der Waals surface area contributed by atoms with Gasteiger partial charge in [0.25, 0.3) is 0 Å². The second-order valence-corrected chi connectivity index (χ2v) is 10.1. The number of imide groups is 1. The molecule has 5 nitrogen and oxygen atoms in total. The van der Waals surface area contributed by atoms with E-state index in [1.54, 1.807) is 18.2 Å². The van der Waals surface area contributed by atoms with E-state index < -0.39 is 29.8 Å². The van der Waals surface area contributed by atoms with Gasteiger partial charge in [-0.3, -0.25) is 14.4 Å². The number of rotatable bonds is 3. The Morgan fingerprint density at radius 3 is 2.48 bits per heavy atom. The Bertz CT molecular complexity index is 1350. The first kappa shape index (κ1) is 20.7. The molecule has 33 heavy (non-hydrogen) atoms. The summed E-state index contributed by atoms with van der Waals surface area (Å²) in [6.07, 6.45) is 3.78. The Kier molecular flexibility index (Phi) is 4.73. The standard InChI is InChI=1S/C25H16Cl2N2O3S/c26-14-7-8-17(16(27)12-14)29-24(31)19-20(25(29)32)22(23(30)18-6-3-11-33-18)28-10-9-13-4-1-2-5-15(13)21(19)28/h1-12,19-22H/t19-,20-,21-,22+/m0/s1. The van der Waals surface area contributed by atoms with Crippen LogP contribution in [-0.4, -0.2) is 28.5 Å². The highest BCUT2D eigenvalue weighted by Gasteiger charge is 2.64. The summed E-state index contributed by atoms with van der Waals surface area (Å²) >= 11 is 13.7. The van der Waals surface area contributed by atoms with Crippen LogP contribution >= 0.6 is 34.5 Å². The third-order valence-electron chi connectivity index (χ3n) is 6.64. The summed E-state index contributed by atoms with van der Waals surface area (Å²) in [5.74, 6) is -2.44. The molecule has 164 valence electrons. The SMILES string of the molecule is O=C(c1cccs1)[C@H]1[C@H]2C(=O)N(c3ccc(Cl)cc3Cl)C(=O)[C@@H]2[C@@H]2c3ccccc3C=CN12. The Morgan fingerprint density at radius 2 is 1.73 bits per heavy atom. The van der Waals surface area contributed by atoms with Crippen LogP contribution in [0.15, 0.2) is 66.2 Å². The number of thiophene rings is 1.